The van der Waals surface area contributed by atoms with E-state index in [0.29, 0.717) is 32.6 Å². The van der Waals surface area contributed by atoms with Crippen molar-refractivity contribution in [3.05, 3.63) is 0 Å². The summed E-state index contributed by atoms with van der Waals surface area (Å²) in [6.07, 6.45) is 3.29. The highest BCUT2D eigenvalue weighted by Gasteiger charge is 2.23. The normalized spacial score (nSPS) is 18.5. The Bertz CT molecular complexity index is 309. The Morgan fingerprint density at radius 1 is 0.650 bits per heavy atom. The number of nitrogens with zero attached hydrogens (tertiary/aromatic N) is 2. The van der Waals surface area contributed by atoms with Crippen molar-refractivity contribution in [2.24, 2.45) is 0 Å². The van der Waals surface area contributed by atoms with Crippen LogP contribution < -0.4 is 0 Å². The Balaban J connectivity index is 2.59. The first-order valence-electron chi connectivity index (χ1n) is 6.57. The van der Waals surface area contributed by atoms with Gasteiger partial charge in [-0.2, -0.15) is 0 Å². The molecule has 0 aromatic rings. The van der Waals surface area contributed by atoms with Crippen LogP contribution in [0.1, 0.15) is 25.7 Å². The van der Waals surface area contributed by atoms with Crippen molar-refractivity contribution in [2.45, 2.75) is 35.4 Å². The molecule has 1 heterocycles. The van der Waals surface area contributed by atoms with Crippen molar-refractivity contribution >= 4 is 58.2 Å². The monoisotopic (exact) mass is 362 g/mol. The molecule has 0 spiro atoms. The molecule has 20 heavy (non-hydrogen) atoms. The lowest BCUT2D eigenvalue weighted by Gasteiger charge is -2.28. The van der Waals surface area contributed by atoms with Gasteiger partial charge in [0.15, 0.2) is 9.67 Å². The molecule has 8 heteroatoms. The van der Waals surface area contributed by atoms with Crippen molar-refractivity contribution in [1.82, 2.24) is 9.80 Å². The van der Waals surface area contributed by atoms with E-state index in [-0.39, 0.29) is 11.8 Å². The second kappa shape index (κ2) is 9.19. The highest BCUT2D eigenvalue weighted by molar-refractivity contribution is 6.53. The van der Waals surface area contributed by atoms with Crippen molar-refractivity contribution < 1.29 is 9.59 Å². The van der Waals surface area contributed by atoms with Gasteiger partial charge in [-0.3, -0.25) is 9.59 Å². The van der Waals surface area contributed by atoms with E-state index in [0.717, 1.165) is 19.3 Å². The van der Waals surface area contributed by atoms with E-state index in [1.807, 2.05) is 0 Å². The molecule has 1 aliphatic heterocycles. The van der Waals surface area contributed by atoms with E-state index in [2.05, 4.69) is 0 Å². The predicted octanol–water partition coefficient (Wildman–Crippen LogP) is 2.83. The number of halogens is 4. The van der Waals surface area contributed by atoms with E-state index >= 15 is 0 Å². The minimum Gasteiger partial charge on any atom is -0.340 e. The number of carbonyl (C=O) groups is 2. The number of amides is 2. The van der Waals surface area contributed by atoms with Crippen LogP contribution in [0.2, 0.25) is 0 Å². The molecule has 0 aromatic heterocycles. The van der Waals surface area contributed by atoms with Crippen LogP contribution in [0.4, 0.5) is 0 Å². The fraction of sp³-hybridized carbons (Fsp3) is 0.833. The van der Waals surface area contributed by atoms with E-state index in [1.54, 1.807) is 9.80 Å². The molecule has 0 aliphatic carbocycles. The summed E-state index contributed by atoms with van der Waals surface area (Å²) in [6, 6.07) is 0. The molecule has 1 rings (SSSR count). The first-order chi connectivity index (χ1) is 9.43. The van der Waals surface area contributed by atoms with Crippen LogP contribution >= 0.6 is 46.4 Å². The molecule has 0 saturated carbocycles. The van der Waals surface area contributed by atoms with Gasteiger partial charge < -0.3 is 9.80 Å². The molecular weight excluding hydrogens is 346 g/mol. The third-order valence-corrected chi connectivity index (χ3v) is 3.96. The van der Waals surface area contributed by atoms with Crippen LogP contribution in [-0.4, -0.2) is 57.5 Å². The van der Waals surface area contributed by atoms with Crippen LogP contribution in [0.25, 0.3) is 0 Å². The molecule has 1 aliphatic rings. The van der Waals surface area contributed by atoms with Gasteiger partial charge in [-0.05, 0) is 25.7 Å². The van der Waals surface area contributed by atoms with Crippen LogP contribution in [0.3, 0.4) is 0 Å². The van der Waals surface area contributed by atoms with Crippen molar-refractivity contribution in [3.8, 4) is 0 Å². The molecule has 2 amide bonds. The minimum absolute atomic E-state index is 0.278. The maximum atomic E-state index is 11.8. The molecule has 0 unspecified atom stereocenters. The number of alkyl halides is 4. The Labute approximate surface area is 139 Å². The zero-order valence-electron chi connectivity index (χ0n) is 11.0. The van der Waals surface area contributed by atoms with Crippen LogP contribution in [0.5, 0.6) is 0 Å². The Morgan fingerprint density at radius 3 is 1.35 bits per heavy atom. The molecule has 1 fully saturated rings. The van der Waals surface area contributed by atoms with Gasteiger partial charge in [0.05, 0.1) is 0 Å². The van der Waals surface area contributed by atoms with Gasteiger partial charge in [-0.15, -0.1) is 0 Å². The van der Waals surface area contributed by atoms with Gasteiger partial charge in [0.2, 0.25) is 0 Å². The predicted molar refractivity (Wildman–Crippen MR) is 82.6 cm³/mol. The van der Waals surface area contributed by atoms with Gasteiger partial charge in [0.1, 0.15) is 0 Å². The molecule has 0 radical (unpaired) electrons. The average Bonchev–Trinajstić information content (AvgIpc) is 2.42. The minimum atomic E-state index is -1.04. The smallest absolute Gasteiger partial charge is 0.255 e. The Morgan fingerprint density at radius 2 is 1.00 bits per heavy atom. The SMILES string of the molecule is O=C(C(Cl)Cl)N1CCCCCN(C(=O)C(Cl)Cl)CCC1. The van der Waals surface area contributed by atoms with Crippen LogP contribution in [0.15, 0.2) is 0 Å². The number of hydrogen-bond acceptors (Lipinski definition) is 2. The maximum absolute atomic E-state index is 11.8. The Hall–Kier alpha value is 0.1000. The van der Waals surface area contributed by atoms with Crippen LogP contribution in [0, 0.1) is 0 Å². The quantitative estimate of drug-likeness (QED) is 0.708. The summed E-state index contributed by atoms with van der Waals surface area (Å²) in [7, 11) is 0. The molecule has 4 nitrogen and oxygen atoms in total. The van der Waals surface area contributed by atoms with Crippen LogP contribution in [-0.2, 0) is 9.59 Å². The summed E-state index contributed by atoms with van der Waals surface area (Å²) in [4.78, 5) is 24.9. The zero-order chi connectivity index (χ0) is 15.1. The number of carbonyl (C=O) groups excluding carboxylic acids is 2. The average molecular weight is 364 g/mol. The summed E-state index contributed by atoms with van der Waals surface area (Å²) >= 11 is 22.5. The molecule has 0 atom stereocenters. The largest absolute Gasteiger partial charge is 0.340 e. The molecule has 116 valence electrons. The maximum Gasteiger partial charge on any atom is 0.255 e. The summed E-state index contributed by atoms with van der Waals surface area (Å²) in [6.45, 7) is 2.34. The molecule has 0 bridgehead atoms. The van der Waals surface area contributed by atoms with Crippen molar-refractivity contribution in [1.29, 1.82) is 0 Å². The lowest BCUT2D eigenvalue weighted by molar-refractivity contribution is -0.130. The van der Waals surface area contributed by atoms with Gasteiger partial charge in [0, 0.05) is 26.2 Å². The fourth-order valence-electron chi connectivity index (χ4n) is 2.17. The van der Waals surface area contributed by atoms with E-state index in [1.165, 1.54) is 0 Å². The number of rotatable bonds is 2. The summed E-state index contributed by atoms with van der Waals surface area (Å²) in [5, 5.41) is 0. The summed E-state index contributed by atoms with van der Waals surface area (Å²) < 4.78 is 0. The van der Waals surface area contributed by atoms with Gasteiger partial charge in [-0.25, -0.2) is 0 Å². The highest BCUT2D eigenvalue weighted by atomic mass is 35.5. The summed E-state index contributed by atoms with van der Waals surface area (Å²) in [5.74, 6) is -0.557. The number of hydrogen-bond donors (Lipinski definition) is 0. The van der Waals surface area contributed by atoms with Gasteiger partial charge in [-0.1, -0.05) is 46.4 Å². The molecule has 0 aromatic carbocycles. The molecule has 1 saturated heterocycles. The second-order valence-electron chi connectivity index (χ2n) is 4.67. The Kier molecular flexibility index (Phi) is 8.34. The van der Waals surface area contributed by atoms with Crippen molar-refractivity contribution in [2.75, 3.05) is 26.2 Å². The lowest BCUT2D eigenvalue weighted by Crippen LogP contribution is -2.41. The highest BCUT2D eigenvalue weighted by Crippen LogP contribution is 2.14. The van der Waals surface area contributed by atoms with E-state index in [4.69, 9.17) is 46.4 Å². The van der Waals surface area contributed by atoms with E-state index in [9.17, 15) is 9.59 Å². The standard InChI is InChI=1S/C12H18Cl4N2O2/c13-9(14)11(19)17-5-2-1-3-6-18(8-4-7-17)12(20)10(15)16/h9-10H,1-8H2. The van der Waals surface area contributed by atoms with Gasteiger partial charge >= 0.3 is 0 Å². The molecular formula is C12H18Cl4N2O2. The zero-order valence-corrected chi connectivity index (χ0v) is 14.1. The van der Waals surface area contributed by atoms with Crippen molar-refractivity contribution in [3.63, 3.8) is 0 Å². The first kappa shape index (κ1) is 18.1. The topological polar surface area (TPSA) is 40.6 Å². The summed E-state index contributed by atoms with van der Waals surface area (Å²) in [5.41, 5.74) is 0. The van der Waals surface area contributed by atoms with E-state index < -0.39 is 9.67 Å². The third-order valence-electron chi connectivity index (χ3n) is 3.21. The second-order valence-corrected chi connectivity index (χ2v) is 6.86. The van der Waals surface area contributed by atoms with Gasteiger partial charge in [0.25, 0.3) is 11.8 Å². The first-order valence-corrected chi connectivity index (χ1v) is 8.32. The lowest BCUT2D eigenvalue weighted by atomic mass is 10.2. The third kappa shape index (κ3) is 5.84. The fourth-order valence-corrected chi connectivity index (χ4v) is 2.73. The molecule has 0 N–H and O–H groups in total.